The Morgan fingerprint density at radius 3 is 2.92 bits per heavy atom. The molecule has 1 saturated heterocycles. The molecule has 0 N–H and O–H groups in total. The average Bonchev–Trinajstić information content (AvgIpc) is 2.28. The quantitative estimate of drug-likeness (QED) is 0.541. The fourth-order valence-corrected chi connectivity index (χ4v) is 1.28. The summed E-state index contributed by atoms with van der Waals surface area (Å²) >= 11 is 0. The highest BCUT2D eigenvalue weighted by Gasteiger charge is 2.19. The van der Waals surface area contributed by atoms with Crippen LogP contribution in [0.5, 0.6) is 0 Å². The Kier molecular flexibility index (Phi) is 3.08. The van der Waals surface area contributed by atoms with Crippen molar-refractivity contribution in [3.63, 3.8) is 0 Å². The van der Waals surface area contributed by atoms with Crippen LogP contribution in [0.1, 0.15) is 19.3 Å². The fourth-order valence-electron chi connectivity index (χ4n) is 1.28. The molecule has 1 amide bonds. The van der Waals surface area contributed by atoms with Gasteiger partial charge in [0.25, 0.3) is 0 Å². The number of carbonyl (C=O) groups excluding carboxylic acids is 2. The number of hydrogen-bond acceptors (Lipinski definition) is 3. The molecule has 0 aromatic rings. The molecule has 4 heteroatoms. The minimum Gasteiger partial charge on any atom is -0.453 e. The third-order valence-corrected chi connectivity index (χ3v) is 1.93. The van der Waals surface area contributed by atoms with Crippen molar-refractivity contribution in [3.8, 4) is 0 Å². The molecule has 4 nitrogen and oxygen atoms in total. The number of hydrogen-bond donors (Lipinski definition) is 0. The Hall–Kier alpha value is -1.06. The van der Waals surface area contributed by atoms with Gasteiger partial charge in [0.05, 0.1) is 13.7 Å². The molecule has 0 spiro atoms. The highest BCUT2D eigenvalue weighted by Crippen LogP contribution is 2.07. The summed E-state index contributed by atoms with van der Waals surface area (Å²) in [5.74, 6) is 0.123. The molecule has 68 valence electrons. The summed E-state index contributed by atoms with van der Waals surface area (Å²) in [6.07, 6.45) is 1.96. The van der Waals surface area contributed by atoms with Gasteiger partial charge < -0.3 is 9.64 Å². The van der Waals surface area contributed by atoms with Gasteiger partial charge in [0.15, 0.2) is 5.78 Å². The minimum absolute atomic E-state index is 0.123. The van der Waals surface area contributed by atoms with E-state index in [2.05, 4.69) is 4.74 Å². The van der Waals surface area contributed by atoms with E-state index in [0.717, 1.165) is 12.8 Å². The third-order valence-electron chi connectivity index (χ3n) is 1.93. The smallest absolute Gasteiger partial charge is 0.409 e. The van der Waals surface area contributed by atoms with Gasteiger partial charge >= 0.3 is 6.09 Å². The largest absolute Gasteiger partial charge is 0.453 e. The van der Waals surface area contributed by atoms with Crippen LogP contribution in [0.3, 0.4) is 0 Å². The Labute approximate surface area is 71.5 Å². The second kappa shape index (κ2) is 4.09. The molecule has 1 heterocycles. The number of Topliss-reactive ketones (excluding diaryl/α,β-unsaturated/α-hetero) is 1. The van der Waals surface area contributed by atoms with Crippen LogP contribution in [0.25, 0.3) is 0 Å². The number of carbonyl (C=O) groups is 2. The second-order valence-electron chi connectivity index (χ2n) is 2.89. The molecular formula is C8H13NO3. The van der Waals surface area contributed by atoms with Crippen molar-refractivity contribution in [2.75, 3.05) is 20.2 Å². The van der Waals surface area contributed by atoms with Crippen LogP contribution in [0, 0.1) is 0 Å². The highest BCUT2D eigenvalue weighted by atomic mass is 16.5. The molecule has 0 aromatic heterocycles. The Morgan fingerprint density at radius 2 is 2.25 bits per heavy atom. The topological polar surface area (TPSA) is 46.6 Å². The second-order valence-corrected chi connectivity index (χ2v) is 2.89. The van der Waals surface area contributed by atoms with Crippen molar-refractivity contribution >= 4 is 11.9 Å². The van der Waals surface area contributed by atoms with Crippen molar-refractivity contribution in [1.29, 1.82) is 0 Å². The molecule has 1 fully saturated rings. The van der Waals surface area contributed by atoms with E-state index in [0.29, 0.717) is 13.0 Å². The van der Waals surface area contributed by atoms with Crippen molar-refractivity contribution in [2.45, 2.75) is 19.3 Å². The van der Waals surface area contributed by atoms with Gasteiger partial charge in [0.1, 0.15) is 0 Å². The number of nitrogens with zero attached hydrogens (tertiary/aromatic N) is 1. The van der Waals surface area contributed by atoms with Crippen LogP contribution in [0.4, 0.5) is 4.79 Å². The van der Waals surface area contributed by atoms with E-state index >= 15 is 0 Å². The van der Waals surface area contributed by atoms with E-state index in [9.17, 15) is 9.59 Å². The lowest BCUT2D eigenvalue weighted by Gasteiger charge is -2.16. The van der Waals surface area contributed by atoms with E-state index in [4.69, 9.17) is 0 Å². The van der Waals surface area contributed by atoms with Crippen LogP contribution >= 0.6 is 0 Å². The van der Waals surface area contributed by atoms with Crippen molar-refractivity contribution in [2.24, 2.45) is 0 Å². The van der Waals surface area contributed by atoms with Gasteiger partial charge in [-0.15, -0.1) is 0 Å². The van der Waals surface area contributed by atoms with Gasteiger partial charge in [0.2, 0.25) is 0 Å². The first-order chi connectivity index (χ1) is 5.74. The average molecular weight is 171 g/mol. The standard InChI is InChI=1S/C8H13NO3/c1-12-8(11)9-5-3-2-4-7(10)6-9/h2-6H2,1H3. The molecule has 0 aromatic carbocycles. The van der Waals surface area contributed by atoms with E-state index < -0.39 is 6.09 Å². The van der Waals surface area contributed by atoms with Crippen LogP contribution < -0.4 is 0 Å². The molecular weight excluding hydrogens is 158 g/mol. The predicted octanol–water partition coefficient (Wildman–Crippen LogP) is 0.808. The first kappa shape index (κ1) is 9.03. The zero-order valence-electron chi connectivity index (χ0n) is 7.21. The molecule has 12 heavy (non-hydrogen) atoms. The number of ether oxygens (including phenoxy) is 1. The fraction of sp³-hybridized carbons (Fsp3) is 0.750. The molecule has 1 aliphatic heterocycles. The number of amides is 1. The van der Waals surface area contributed by atoms with Gasteiger partial charge in [-0.3, -0.25) is 4.79 Å². The summed E-state index contributed by atoms with van der Waals surface area (Å²) in [6, 6.07) is 0. The Bertz CT molecular complexity index is 191. The number of rotatable bonds is 0. The predicted molar refractivity (Wildman–Crippen MR) is 42.8 cm³/mol. The number of methoxy groups -OCH3 is 1. The molecule has 1 rings (SSSR count). The highest BCUT2D eigenvalue weighted by molar-refractivity contribution is 5.84. The minimum atomic E-state index is -0.398. The molecule has 0 bridgehead atoms. The van der Waals surface area contributed by atoms with Crippen LogP contribution in [0.2, 0.25) is 0 Å². The van der Waals surface area contributed by atoms with E-state index in [-0.39, 0.29) is 12.3 Å². The molecule has 0 radical (unpaired) electrons. The number of likely N-dealkylation sites (tertiary alicyclic amines) is 1. The first-order valence-electron chi connectivity index (χ1n) is 4.08. The van der Waals surface area contributed by atoms with Crippen LogP contribution in [0.15, 0.2) is 0 Å². The normalized spacial score (nSPS) is 18.8. The monoisotopic (exact) mass is 171 g/mol. The summed E-state index contributed by atoms with van der Waals surface area (Å²) in [5.41, 5.74) is 0. The third kappa shape index (κ3) is 2.22. The van der Waals surface area contributed by atoms with Gasteiger partial charge in [-0.1, -0.05) is 0 Å². The zero-order chi connectivity index (χ0) is 8.97. The van der Waals surface area contributed by atoms with E-state index in [1.165, 1.54) is 12.0 Å². The Morgan fingerprint density at radius 1 is 1.50 bits per heavy atom. The Balaban J connectivity index is 2.51. The number of ketones is 1. The van der Waals surface area contributed by atoms with Gasteiger partial charge in [0, 0.05) is 13.0 Å². The summed E-state index contributed by atoms with van der Waals surface area (Å²) in [6.45, 7) is 0.852. The molecule has 0 saturated carbocycles. The van der Waals surface area contributed by atoms with Crippen LogP contribution in [-0.2, 0) is 9.53 Å². The van der Waals surface area contributed by atoms with Crippen molar-refractivity contribution in [3.05, 3.63) is 0 Å². The summed E-state index contributed by atoms with van der Waals surface area (Å²) in [5, 5.41) is 0. The summed E-state index contributed by atoms with van der Waals surface area (Å²) < 4.78 is 4.53. The van der Waals surface area contributed by atoms with E-state index in [1.54, 1.807) is 0 Å². The maximum atomic E-state index is 11.1. The lowest BCUT2D eigenvalue weighted by Crippen LogP contribution is -2.34. The molecule has 0 aliphatic carbocycles. The maximum Gasteiger partial charge on any atom is 0.409 e. The van der Waals surface area contributed by atoms with Crippen molar-refractivity contribution < 1.29 is 14.3 Å². The van der Waals surface area contributed by atoms with Crippen molar-refractivity contribution in [1.82, 2.24) is 4.90 Å². The van der Waals surface area contributed by atoms with E-state index in [1.807, 2.05) is 0 Å². The molecule has 0 atom stereocenters. The van der Waals surface area contributed by atoms with Gasteiger partial charge in [-0.25, -0.2) is 4.79 Å². The van der Waals surface area contributed by atoms with Gasteiger partial charge in [-0.05, 0) is 12.8 Å². The lowest BCUT2D eigenvalue weighted by molar-refractivity contribution is -0.119. The van der Waals surface area contributed by atoms with Gasteiger partial charge in [-0.2, -0.15) is 0 Å². The maximum absolute atomic E-state index is 11.1. The molecule has 1 aliphatic rings. The molecule has 0 unspecified atom stereocenters. The summed E-state index contributed by atoms with van der Waals surface area (Å²) in [7, 11) is 1.33. The SMILES string of the molecule is COC(=O)N1CCCCC(=O)C1. The lowest BCUT2D eigenvalue weighted by atomic mass is 10.2. The zero-order valence-corrected chi connectivity index (χ0v) is 7.21. The van der Waals surface area contributed by atoms with Crippen LogP contribution in [-0.4, -0.2) is 37.0 Å². The first-order valence-corrected chi connectivity index (χ1v) is 4.08. The summed E-state index contributed by atoms with van der Waals surface area (Å²) in [4.78, 5) is 23.5.